The maximum atomic E-state index is 6.52. The van der Waals surface area contributed by atoms with Gasteiger partial charge in [-0.3, -0.25) is 4.98 Å². The minimum atomic E-state index is 0.0936. The molecule has 0 radical (unpaired) electrons. The van der Waals surface area contributed by atoms with Crippen LogP contribution in [0.4, 0.5) is 0 Å². The molecule has 19 heavy (non-hydrogen) atoms. The lowest BCUT2D eigenvalue weighted by Crippen LogP contribution is -2.26. The van der Waals surface area contributed by atoms with E-state index in [1.807, 2.05) is 23.1 Å². The van der Waals surface area contributed by atoms with E-state index in [2.05, 4.69) is 17.0 Å². The Morgan fingerprint density at radius 2 is 2.32 bits per heavy atom. The van der Waals surface area contributed by atoms with Gasteiger partial charge >= 0.3 is 0 Å². The van der Waals surface area contributed by atoms with Crippen molar-refractivity contribution in [3.05, 3.63) is 30.4 Å². The number of fused-ring (bicyclic) bond motifs is 1. The topological polar surface area (TPSA) is 56.2 Å². The Labute approximate surface area is 114 Å². The predicted molar refractivity (Wildman–Crippen MR) is 75.7 cm³/mol. The summed E-state index contributed by atoms with van der Waals surface area (Å²) < 4.78 is 1.86. The Kier molecular flexibility index (Phi) is 3.51. The summed E-state index contributed by atoms with van der Waals surface area (Å²) in [6.07, 6.45) is 13.9. The van der Waals surface area contributed by atoms with Crippen molar-refractivity contribution in [1.82, 2.24) is 14.6 Å². The largest absolute Gasteiger partial charge is 0.324 e. The summed E-state index contributed by atoms with van der Waals surface area (Å²) in [5, 5.41) is 4.37. The highest BCUT2D eigenvalue weighted by molar-refractivity contribution is 5.53. The molecular formula is C15H22N4. The number of nitrogens with two attached hydrogens (primary N) is 1. The summed E-state index contributed by atoms with van der Waals surface area (Å²) in [6.45, 7) is 2.29. The Balaban J connectivity index is 1.85. The summed E-state index contributed by atoms with van der Waals surface area (Å²) in [5.41, 5.74) is 8.71. The smallest absolute Gasteiger partial charge is 0.0892 e. The molecule has 2 aromatic heterocycles. The second-order valence-corrected chi connectivity index (χ2v) is 5.73. The molecule has 2 heterocycles. The lowest BCUT2D eigenvalue weighted by molar-refractivity contribution is 0.231. The SMILES string of the molecule is CCC1CCCC(C(N)c2cnn3ccncc23)C1. The molecule has 3 atom stereocenters. The Hall–Kier alpha value is -1.42. The number of nitrogens with zero attached hydrogens (tertiary/aromatic N) is 3. The third-order valence-corrected chi connectivity index (χ3v) is 4.62. The van der Waals surface area contributed by atoms with Gasteiger partial charge in [0.05, 0.1) is 17.9 Å². The number of hydrogen-bond donors (Lipinski definition) is 1. The molecule has 1 fully saturated rings. The van der Waals surface area contributed by atoms with E-state index < -0.39 is 0 Å². The average Bonchev–Trinajstić information content (AvgIpc) is 2.90. The molecule has 2 N–H and O–H groups in total. The van der Waals surface area contributed by atoms with Gasteiger partial charge in [-0.15, -0.1) is 0 Å². The first-order valence-electron chi connectivity index (χ1n) is 7.32. The van der Waals surface area contributed by atoms with Crippen molar-refractivity contribution in [1.29, 1.82) is 0 Å². The highest BCUT2D eigenvalue weighted by atomic mass is 15.2. The molecule has 1 saturated carbocycles. The summed E-state index contributed by atoms with van der Waals surface area (Å²) in [6, 6.07) is 0.0936. The minimum Gasteiger partial charge on any atom is -0.324 e. The molecule has 4 nitrogen and oxygen atoms in total. The van der Waals surface area contributed by atoms with Crippen LogP contribution in [0.5, 0.6) is 0 Å². The Bertz CT molecular complexity index is 548. The van der Waals surface area contributed by atoms with Crippen molar-refractivity contribution in [3.63, 3.8) is 0 Å². The van der Waals surface area contributed by atoms with Gasteiger partial charge in [-0.1, -0.05) is 26.2 Å². The molecule has 0 aromatic carbocycles. The zero-order chi connectivity index (χ0) is 13.2. The molecule has 0 aliphatic heterocycles. The van der Waals surface area contributed by atoms with Crippen molar-refractivity contribution in [3.8, 4) is 0 Å². The standard InChI is InChI=1S/C15H22N4/c1-2-11-4-3-5-12(8-11)15(16)13-9-18-19-7-6-17-10-14(13)19/h6-7,9-12,15H,2-5,8,16H2,1H3. The number of rotatable bonds is 3. The van der Waals surface area contributed by atoms with Gasteiger partial charge in [0.15, 0.2) is 0 Å². The van der Waals surface area contributed by atoms with E-state index in [0.29, 0.717) is 5.92 Å². The molecule has 0 spiro atoms. The van der Waals surface area contributed by atoms with Crippen molar-refractivity contribution < 1.29 is 0 Å². The quantitative estimate of drug-likeness (QED) is 0.921. The zero-order valence-electron chi connectivity index (χ0n) is 11.5. The highest BCUT2D eigenvalue weighted by Gasteiger charge is 2.28. The van der Waals surface area contributed by atoms with Crippen LogP contribution in [0.15, 0.2) is 24.8 Å². The second-order valence-electron chi connectivity index (χ2n) is 5.73. The van der Waals surface area contributed by atoms with Gasteiger partial charge in [0.2, 0.25) is 0 Å². The Morgan fingerprint density at radius 3 is 3.16 bits per heavy atom. The molecular weight excluding hydrogens is 236 g/mol. The fraction of sp³-hybridized carbons (Fsp3) is 0.600. The van der Waals surface area contributed by atoms with Crippen molar-refractivity contribution in [2.24, 2.45) is 17.6 Å². The first-order chi connectivity index (χ1) is 9.29. The fourth-order valence-corrected chi connectivity index (χ4v) is 3.39. The summed E-state index contributed by atoms with van der Waals surface area (Å²) in [5.74, 6) is 1.44. The van der Waals surface area contributed by atoms with E-state index in [9.17, 15) is 0 Å². The molecule has 1 aliphatic rings. The van der Waals surface area contributed by atoms with Crippen LogP contribution in [0, 0.1) is 11.8 Å². The summed E-state index contributed by atoms with van der Waals surface area (Å²) in [4.78, 5) is 4.19. The van der Waals surface area contributed by atoms with Gasteiger partial charge in [0.1, 0.15) is 0 Å². The molecule has 4 heteroatoms. The lowest BCUT2D eigenvalue weighted by Gasteiger charge is -2.32. The Morgan fingerprint density at radius 1 is 1.42 bits per heavy atom. The fourth-order valence-electron chi connectivity index (χ4n) is 3.39. The van der Waals surface area contributed by atoms with Gasteiger partial charge < -0.3 is 5.73 Å². The highest BCUT2D eigenvalue weighted by Crippen LogP contribution is 2.38. The molecule has 0 saturated heterocycles. The van der Waals surface area contributed by atoms with Crippen LogP contribution in [-0.4, -0.2) is 14.6 Å². The molecule has 1 aliphatic carbocycles. The van der Waals surface area contributed by atoms with E-state index in [1.165, 1.54) is 32.1 Å². The predicted octanol–water partition coefficient (Wildman–Crippen LogP) is 2.95. The van der Waals surface area contributed by atoms with Crippen LogP contribution in [0.2, 0.25) is 0 Å². The summed E-state index contributed by atoms with van der Waals surface area (Å²) >= 11 is 0. The van der Waals surface area contributed by atoms with Gasteiger partial charge in [-0.05, 0) is 24.7 Å². The number of hydrogen-bond acceptors (Lipinski definition) is 3. The van der Waals surface area contributed by atoms with Crippen LogP contribution in [0.3, 0.4) is 0 Å². The maximum absolute atomic E-state index is 6.52. The average molecular weight is 258 g/mol. The maximum Gasteiger partial charge on any atom is 0.0892 e. The van der Waals surface area contributed by atoms with E-state index in [1.54, 1.807) is 6.20 Å². The van der Waals surface area contributed by atoms with Crippen LogP contribution in [0.1, 0.15) is 50.6 Å². The summed E-state index contributed by atoms with van der Waals surface area (Å²) in [7, 11) is 0. The van der Waals surface area contributed by atoms with E-state index >= 15 is 0 Å². The van der Waals surface area contributed by atoms with E-state index in [0.717, 1.165) is 17.0 Å². The van der Waals surface area contributed by atoms with Gasteiger partial charge in [0, 0.05) is 24.0 Å². The minimum absolute atomic E-state index is 0.0936. The molecule has 0 amide bonds. The van der Waals surface area contributed by atoms with Crippen molar-refractivity contribution >= 4 is 5.52 Å². The van der Waals surface area contributed by atoms with E-state index in [-0.39, 0.29) is 6.04 Å². The van der Waals surface area contributed by atoms with E-state index in [4.69, 9.17) is 5.73 Å². The molecule has 3 rings (SSSR count). The van der Waals surface area contributed by atoms with Crippen LogP contribution in [-0.2, 0) is 0 Å². The molecule has 3 unspecified atom stereocenters. The monoisotopic (exact) mass is 258 g/mol. The third-order valence-electron chi connectivity index (χ3n) is 4.62. The van der Waals surface area contributed by atoms with Gasteiger partial charge in [-0.25, -0.2) is 4.52 Å². The first-order valence-corrected chi connectivity index (χ1v) is 7.32. The van der Waals surface area contributed by atoms with Gasteiger partial charge in [-0.2, -0.15) is 5.10 Å². The molecule has 2 aromatic rings. The van der Waals surface area contributed by atoms with Crippen molar-refractivity contribution in [2.45, 2.75) is 45.1 Å². The second kappa shape index (κ2) is 5.29. The molecule has 102 valence electrons. The normalized spacial score (nSPS) is 25.6. The number of aromatic nitrogens is 3. The third kappa shape index (κ3) is 2.37. The zero-order valence-corrected chi connectivity index (χ0v) is 11.5. The van der Waals surface area contributed by atoms with Crippen LogP contribution >= 0.6 is 0 Å². The van der Waals surface area contributed by atoms with Crippen LogP contribution in [0.25, 0.3) is 5.52 Å². The van der Waals surface area contributed by atoms with Crippen molar-refractivity contribution in [2.75, 3.05) is 0 Å². The first kappa shape index (κ1) is 12.6. The van der Waals surface area contributed by atoms with Gasteiger partial charge in [0.25, 0.3) is 0 Å². The van der Waals surface area contributed by atoms with Crippen LogP contribution < -0.4 is 5.73 Å². The molecule has 0 bridgehead atoms. The lowest BCUT2D eigenvalue weighted by atomic mass is 9.75.